The number of benzene rings is 1. The van der Waals surface area contributed by atoms with E-state index in [1.807, 2.05) is 26.8 Å². The van der Waals surface area contributed by atoms with Crippen LogP contribution in [0.15, 0.2) is 18.2 Å². The fourth-order valence-corrected chi connectivity index (χ4v) is 2.35. The van der Waals surface area contributed by atoms with Gasteiger partial charge in [-0.2, -0.15) is 0 Å². The van der Waals surface area contributed by atoms with Crippen LogP contribution in [-0.4, -0.2) is 22.2 Å². The Kier molecular flexibility index (Phi) is 4.58. The minimum atomic E-state index is -0.949. The zero-order valence-electron chi connectivity index (χ0n) is 12.6. The highest BCUT2D eigenvalue weighted by molar-refractivity contribution is 5.81. The molecule has 0 radical (unpaired) electrons. The molecule has 110 valence electrons. The Morgan fingerprint density at radius 2 is 1.50 bits per heavy atom. The monoisotopic (exact) mass is 278 g/mol. The summed E-state index contributed by atoms with van der Waals surface area (Å²) in [6, 6.07) is 5.39. The molecule has 1 aromatic carbocycles. The van der Waals surface area contributed by atoms with E-state index in [4.69, 9.17) is 0 Å². The Morgan fingerprint density at radius 1 is 1.00 bits per heavy atom. The fraction of sp³-hybridized carbons (Fsp3) is 0.500. The fourth-order valence-electron chi connectivity index (χ4n) is 2.35. The SMILES string of the molecule is CC(C(=O)O)c1cccc(C(C)(C)C)c1C(C)C(=O)O. The Hall–Kier alpha value is -1.84. The van der Waals surface area contributed by atoms with Gasteiger partial charge in [-0.1, -0.05) is 39.0 Å². The molecule has 4 heteroatoms. The zero-order valence-corrected chi connectivity index (χ0v) is 12.6. The number of aliphatic carboxylic acids is 2. The average molecular weight is 278 g/mol. The summed E-state index contributed by atoms with van der Waals surface area (Å²) in [5.41, 5.74) is 1.85. The highest BCUT2D eigenvalue weighted by Gasteiger charge is 2.29. The van der Waals surface area contributed by atoms with E-state index in [9.17, 15) is 19.8 Å². The van der Waals surface area contributed by atoms with Crippen molar-refractivity contribution in [3.05, 3.63) is 34.9 Å². The van der Waals surface area contributed by atoms with E-state index in [2.05, 4.69) is 0 Å². The standard InChI is InChI=1S/C16H22O4/c1-9(14(17)18)11-7-6-8-12(16(3,4)5)13(11)10(2)15(19)20/h6-10H,1-5H3,(H,17,18)(H,19,20). The molecule has 0 saturated heterocycles. The number of hydrogen-bond donors (Lipinski definition) is 2. The first-order valence-corrected chi connectivity index (χ1v) is 6.66. The molecule has 0 saturated carbocycles. The Bertz CT molecular complexity index is 526. The average Bonchev–Trinajstić information content (AvgIpc) is 2.34. The molecular formula is C16H22O4. The first kappa shape index (κ1) is 16.2. The number of rotatable bonds is 4. The maximum atomic E-state index is 11.4. The largest absolute Gasteiger partial charge is 0.481 e. The van der Waals surface area contributed by atoms with Crippen molar-refractivity contribution in [2.24, 2.45) is 0 Å². The molecule has 0 aliphatic carbocycles. The molecule has 0 bridgehead atoms. The minimum absolute atomic E-state index is 0.243. The van der Waals surface area contributed by atoms with Crippen molar-refractivity contribution in [1.29, 1.82) is 0 Å². The number of carboxylic acid groups (broad SMARTS) is 2. The molecule has 0 spiro atoms. The van der Waals surface area contributed by atoms with Crippen LogP contribution in [0.4, 0.5) is 0 Å². The zero-order chi connectivity index (χ0) is 15.7. The van der Waals surface area contributed by atoms with E-state index < -0.39 is 23.8 Å². The molecule has 0 heterocycles. The summed E-state index contributed by atoms with van der Waals surface area (Å²) < 4.78 is 0. The van der Waals surface area contributed by atoms with Crippen molar-refractivity contribution in [3.8, 4) is 0 Å². The van der Waals surface area contributed by atoms with Crippen molar-refractivity contribution in [2.45, 2.75) is 51.9 Å². The molecule has 0 amide bonds. The Morgan fingerprint density at radius 3 is 1.90 bits per heavy atom. The third kappa shape index (κ3) is 3.18. The van der Waals surface area contributed by atoms with Crippen molar-refractivity contribution in [3.63, 3.8) is 0 Å². The van der Waals surface area contributed by atoms with Gasteiger partial charge >= 0.3 is 11.9 Å². The predicted molar refractivity (Wildman–Crippen MR) is 77.2 cm³/mol. The van der Waals surface area contributed by atoms with Crippen molar-refractivity contribution < 1.29 is 19.8 Å². The molecular weight excluding hydrogens is 256 g/mol. The van der Waals surface area contributed by atoms with Gasteiger partial charge in [0.1, 0.15) is 0 Å². The molecule has 2 N–H and O–H groups in total. The third-order valence-electron chi connectivity index (χ3n) is 3.59. The lowest BCUT2D eigenvalue weighted by atomic mass is 9.76. The van der Waals surface area contributed by atoms with Gasteiger partial charge in [-0.25, -0.2) is 0 Å². The summed E-state index contributed by atoms with van der Waals surface area (Å²) >= 11 is 0. The van der Waals surface area contributed by atoms with Crippen LogP contribution in [0.2, 0.25) is 0 Å². The van der Waals surface area contributed by atoms with Gasteiger partial charge in [0.2, 0.25) is 0 Å². The summed E-state index contributed by atoms with van der Waals surface area (Å²) in [4.78, 5) is 22.6. The summed E-state index contributed by atoms with van der Waals surface area (Å²) in [5.74, 6) is -3.35. The van der Waals surface area contributed by atoms with Gasteiger partial charge in [0.15, 0.2) is 0 Å². The van der Waals surface area contributed by atoms with Crippen LogP contribution in [0.25, 0.3) is 0 Å². The molecule has 1 rings (SSSR count). The molecule has 0 fully saturated rings. The van der Waals surface area contributed by atoms with E-state index in [1.165, 1.54) is 0 Å². The maximum Gasteiger partial charge on any atom is 0.310 e. The molecule has 0 aromatic heterocycles. The van der Waals surface area contributed by atoms with Crippen LogP contribution in [0.5, 0.6) is 0 Å². The van der Waals surface area contributed by atoms with E-state index >= 15 is 0 Å². The van der Waals surface area contributed by atoms with Crippen molar-refractivity contribution in [1.82, 2.24) is 0 Å². The Balaban J connectivity index is 3.61. The van der Waals surface area contributed by atoms with Gasteiger partial charge < -0.3 is 10.2 Å². The molecule has 20 heavy (non-hydrogen) atoms. The van der Waals surface area contributed by atoms with E-state index in [0.29, 0.717) is 11.1 Å². The predicted octanol–water partition coefficient (Wildman–Crippen LogP) is 3.36. The first-order valence-electron chi connectivity index (χ1n) is 6.66. The van der Waals surface area contributed by atoms with Crippen LogP contribution >= 0.6 is 0 Å². The van der Waals surface area contributed by atoms with Crippen LogP contribution in [0, 0.1) is 0 Å². The highest BCUT2D eigenvalue weighted by Crippen LogP contribution is 2.36. The van der Waals surface area contributed by atoms with Crippen molar-refractivity contribution in [2.75, 3.05) is 0 Å². The first-order chi connectivity index (χ1) is 9.07. The number of carbonyl (C=O) groups is 2. The summed E-state index contributed by atoms with van der Waals surface area (Å²) in [7, 11) is 0. The van der Waals surface area contributed by atoms with E-state index in [0.717, 1.165) is 5.56 Å². The van der Waals surface area contributed by atoms with Crippen LogP contribution < -0.4 is 0 Å². The lowest BCUT2D eigenvalue weighted by Gasteiger charge is -2.28. The smallest absolute Gasteiger partial charge is 0.310 e. The number of carboxylic acids is 2. The molecule has 4 nitrogen and oxygen atoms in total. The van der Waals surface area contributed by atoms with Gasteiger partial charge in [0.25, 0.3) is 0 Å². The lowest BCUT2D eigenvalue weighted by molar-refractivity contribution is -0.140. The minimum Gasteiger partial charge on any atom is -0.481 e. The summed E-state index contributed by atoms with van der Waals surface area (Å²) in [6.07, 6.45) is 0. The van der Waals surface area contributed by atoms with Crippen molar-refractivity contribution >= 4 is 11.9 Å². The number of hydrogen-bond acceptors (Lipinski definition) is 2. The topological polar surface area (TPSA) is 74.6 Å². The Labute approximate surface area is 119 Å². The van der Waals surface area contributed by atoms with Crippen LogP contribution in [0.1, 0.15) is 63.1 Å². The molecule has 2 atom stereocenters. The quantitative estimate of drug-likeness (QED) is 0.885. The summed E-state index contributed by atoms with van der Waals surface area (Å²) in [6.45, 7) is 9.17. The van der Waals surface area contributed by atoms with Gasteiger partial charge in [0, 0.05) is 0 Å². The second kappa shape index (κ2) is 5.65. The van der Waals surface area contributed by atoms with Crippen LogP contribution in [0.3, 0.4) is 0 Å². The maximum absolute atomic E-state index is 11.4. The lowest BCUT2D eigenvalue weighted by Crippen LogP contribution is -2.22. The second-order valence-electron chi connectivity index (χ2n) is 6.18. The van der Waals surface area contributed by atoms with E-state index in [1.54, 1.807) is 26.0 Å². The normalized spacial score (nSPS) is 14.7. The molecule has 0 aliphatic rings. The van der Waals surface area contributed by atoms with Gasteiger partial charge in [-0.15, -0.1) is 0 Å². The second-order valence-corrected chi connectivity index (χ2v) is 6.18. The van der Waals surface area contributed by atoms with Gasteiger partial charge in [-0.3, -0.25) is 9.59 Å². The van der Waals surface area contributed by atoms with Gasteiger partial charge in [0.05, 0.1) is 11.8 Å². The van der Waals surface area contributed by atoms with E-state index in [-0.39, 0.29) is 5.41 Å². The highest BCUT2D eigenvalue weighted by atomic mass is 16.4. The molecule has 2 unspecified atom stereocenters. The summed E-state index contributed by atoms with van der Waals surface area (Å²) in [5, 5.41) is 18.5. The molecule has 0 aliphatic heterocycles. The van der Waals surface area contributed by atoms with Crippen LogP contribution in [-0.2, 0) is 15.0 Å². The third-order valence-corrected chi connectivity index (χ3v) is 3.59. The van der Waals surface area contributed by atoms with Gasteiger partial charge in [-0.05, 0) is 36.0 Å². The molecule has 1 aromatic rings.